The monoisotopic (exact) mass is 264 g/mol. The molecule has 0 radical (unpaired) electrons. The lowest BCUT2D eigenvalue weighted by Crippen LogP contribution is -2.44. The van der Waals surface area contributed by atoms with Gasteiger partial charge in [-0.05, 0) is 45.2 Å². The van der Waals surface area contributed by atoms with Gasteiger partial charge in [-0.3, -0.25) is 14.6 Å². The third kappa shape index (κ3) is 3.19. The van der Waals surface area contributed by atoms with Crippen LogP contribution >= 0.6 is 0 Å². The van der Waals surface area contributed by atoms with Crippen molar-refractivity contribution >= 4 is 5.78 Å². The Morgan fingerprint density at radius 2 is 1.58 bits per heavy atom. The Bertz CT molecular complexity index is 312. The molecule has 0 aromatic heterocycles. The van der Waals surface area contributed by atoms with Crippen LogP contribution in [0.3, 0.4) is 0 Å². The van der Waals surface area contributed by atoms with Gasteiger partial charge in [-0.25, -0.2) is 0 Å². The molecule has 0 N–H and O–H groups in total. The van der Waals surface area contributed by atoms with E-state index in [9.17, 15) is 4.79 Å². The summed E-state index contributed by atoms with van der Waals surface area (Å²) >= 11 is 0. The maximum Gasteiger partial charge on any atom is 0.149 e. The number of hydrogen-bond acceptors (Lipinski definition) is 3. The van der Waals surface area contributed by atoms with Gasteiger partial charge in [0.15, 0.2) is 0 Å². The van der Waals surface area contributed by atoms with E-state index in [0.717, 1.165) is 38.4 Å². The summed E-state index contributed by atoms with van der Waals surface area (Å²) in [6.07, 6.45) is 11.0. The summed E-state index contributed by atoms with van der Waals surface area (Å²) < 4.78 is 0. The summed E-state index contributed by atoms with van der Waals surface area (Å²) in [5, 5.41) is 0. The smallest absolute Gasteiger partial charge is 0.149 e. The van der Waals surface area contributed by atoms with Crippen LogP contribution in [0.15, 0.2) is 0 Å². The molecule has 19 heavy (non-hydrogen) atoms. The molecule has 3 nitrogen and oxygen atoms in total. The van der Waals surface area contributed by atoms with Crippen molar-refractivity contribution in [2.75, 3.05) is 26.2 Å². The van der Waals surface area contributed by atoms with Crippen molar-refractivity contribution in [3.05, 3.63) is 0 Å². The molecule has 2 atom stereocenters. The number of carbonyl (C=O) groups is 1. The number of rotatable bonds is 2. The van der Waals surface area contributed by atoms with Crippen LogP contribution in [-0.2, 0) is 4.79 Å². The van der Waals surface area contributed by atoms with Gasteiger partial charge in [0.1, 0.15) is 5.78 Å². The number of hydrogen-bond donors (Lipinski definition) is 0. The third-order valence-corrected chi connectivity index (χ3v) is 5.32. The Morgan fingerprint density at radius 3 is 2.42 bits per heavy atom. The van der Waals surface area contributed by atoms with E-state index >= 15 is 0 Å². The molecule has 1 aliphatic carbocycles. The Hall–Kier alpha value is -0.410. The van der Waals surface area contributed by atoms with Crippen molar-refractivity contribution in [1.82, 2.24) is 9.80 Å². The Balaban J connectivity index is 1.56. The van der Waals surface area contributed by atoms with E-state index < -0.39 is 0 Å². The molecule has 0 aromatic rings. The first-order valence-electron chi connectivity index (χ1n) is 8.35. The van der Waals surface area contributed by atoms with Crippen LogP contribution < -0.4 is 0 Å². The van der Waals surface area contributed by atoms with Crippen molar-refractivity contribution in [3.63, 3.8) is 0 Å². The highest BCUT2D eigenvalue weighted by Gasteiger charge is 2.35. The quantitative estimate of drug-likeness (QED) is 0.716. The third-order valence-electron chi connectivity index (χ3n) is 5.32. The topological polar surface area (TPSA) is 23.6 Å². The predicted molar refractivity (Wildman–Crippen MR) is 77.3 cm³/mol. The molecule has 2 saturated heterocycles. The molecule has 2 unspecified atom stereocenters. The van der Waals surface area contributed by atoms with Crippen molar-refractivity contribution in [2.24, 2.45) is 0 Å². The second-order valence-corrected chi connectivity index (χ2v) is 6.62. The van der Waals surface area contributed by atoms with E-state index in [1.165, 1.54) is 51.6 Å². The summed E-state index contributed by atoms with van der Waals surface area (Å²) in [4.78, 5) is 17.4. The van der Waals surface area contributed by atoms with E-state index in [1.54, 1.807) is 0 Å². The number of Topliss-reactive ketones (excluding diaryl/α,β-unsaturated/α-hetero) is 1. The molecular formula is C16H28N2O. The van der Waals surface area contributed by atoms with Gasteiger partial charge in [0.25, 0.3) is 0 Å². The average molecular weight is 264 g/mol. The van der Waals surface area contributed by atoms with Crippen molar-refractivity contribution < 1.29 is 4.79 Å². The minimum absolute atomic E-state index is 0.261. The Labute approximate surface area is 117 Å². The number of piperidine rings is 1. The van der Waals surface area contributed by atoms with Crippen LogP contribution in [0.5, 0.6) is 0 Å². The molecule has 0 bridgehead atoms. The summed E-state index contributed by atoms with van der Waals surface area (Å²) in [6, 6.07) is 0.994. The molecule has 0 aromatic carbocycles. The van der Waals surface area contributed by atoms with Gasteiger partial charge in [-0.15, -0.1) is 0 Å². The summed E-state index contributed by atoms with van der Waals surface area (Å²) in [6.45, 7) is 4.88. The van der Waals surface area contributed by atoms with Gasteiger partial charge in [0.05, 0.1) is 6.04 Å². The van der Waals surface area contributed by atoms with Crippen LogP contribution in [0.25, 0.3) is 0 Å². The van der Waals surface area contributed by atoms with Crippen LogP contribution in [0.4, 0.5) is 0 Å². The van der Waals surface area contributed by atoms with Crippen LogP contribution in [0.2, 0.25) is 0 Å². The first-order chi connectivity index (χ1) is 9.34. The predicted octanol–water partition coefficient (Wildman–Crippen LogP) is 2.45. The number of nitrogens with zero attached hydrogens (tertiary/aromatic N) is 2. The average Bonchev–Trinajstić information content (AvgIpc) is 2.83. The Morgan fingerprint density at radius 1 is 0.789 bits per heavy atom. The first kappa shape index (κ1) is 13.6. The summed E-state index contributed by atoms with van der Waals surface area (Å²) in [5.74, 6) is 0.525. The fourth-order valence-electron chi connectivity index (χ4n) is 4.16. The summed E-state index contributed by atoms with van der Waals surface area (Å²) in [5.41, 5.74) is 0. The highest BCUT2D eigenvalue weighted by atomic mass is 16.1. The standard InChI is InChI=1S/C16H28N2O/c19-16-8-4-1-3-7-15(16)18-12-9-14(13-18)17-10-5-2-6-11-17/h14-15H,1-13H2. The fourth-order valence-corrected chi connectivity index (χ4v) is 4.16. The second kappa shape index (κ2) is 6.36. The molecule has 2 heterocycles. The number of likely N-dealkylation sites (tertiary alicyclic amines) is 2. The van der Waals surface area contributed by atoms with Gasteiger partial charge in [-0.1, -0.05) is 19.3 Å². The zero-order valence-corrected chi connectivity index (χ0v) is 12.1. The normalized spacial score (nSPS) is 35.5. The maximum absolute atomic E-state index is 12.2. The minimum Gasteiger partial charge on any atom is -0.299 e. The summed E-state index contributed by atoms with van der Waals surface area (Å²) in [7, 11) is 0. The minimum atomic E-state index is 0.261. The van der Waals surface area contributed by atoms with E-state index in [1.807, 2.05) is 0 Å². The zero-order valence-electron chi connectivity index (χ0n) is 12.1. The van der Waals surface area contributed by atoms with Crippen LogP contribution in [0.1, 0.15) is 57.8 Å². The number of ketones is 1. The highest BCUT2D eigenvalue weighted by Crippen LogP contribution is 2.26. The SMILES string of the molecule is O=C1CCCCCC1N1CCC(N2CCCCC2)C1. The van der Waals surface area contributed by atoms with E-state index in [2.05, 4.69) is 9.80 Å². The lowest BCUT2D eigenvalue weighted by Gasteiger charge is -2.33. The molecule has 3 fully saturated rings. The molecule has 3 rings (SSSR count). The molecular weight excluding hydrogens is 236 g/mol. The van der Waals surface area contributed by atoms with E-state index in [4.69, 9.17) is 0 Å². The lowest BCUT2D eigenvalue weighted by molar-refractivity contribution is -0.123. The van der Waals surface area contributed by atoms with E-state index in [0.29, 0.717) is 5.78 Å². The molecule has 0 spiro atoms. The van der Waals surface area contributed by atoms with Gasteiger partial charge in [0.2, 0.25) is 0 Å². The molecule has 2 aliphatic heterocycles. The molecule has 3 aliphatic rings. The Kier molecular flexibility index (Phi) is 4.54. The van der Waals surface area contributed by atoms with Crippen molar-refractivity contribution in [1.29, 1.82) is 0 Å². The van der Waals surface area contributed by atoms with Crippen LogP contribution in [-0.4, -0.2) is 53.8 Å². The van der Waals surface area contributed by atoms with Crippen LogP contribution in [0, 0.1) is 0 Å². The van der Waals surface area contributed by atoms with Gasteiger partial charge in [-0.2, -0.15) is 0 Å². The van der Waals surface area contributed by atoms with Crippen molar-refractivity contribution in [3.8, 4) is 0 Å². The largest absolute Gasteiger partial charge is 0.299 e. The molecule has 3 heteroatoms. The zero-order chi connectivity index (χ0) is 13.1. The van der Waals surface area contributed by atoms with Gasteiger partial charge >= 0.3 is 0 Å². The first-order valence-corrected chi connectivity index (χ1v) is 8.35. The molecule has 0 amide bonds. The molecule has 108 valence electrons. The number of carbonyl (C=O) groups excluding carboxylic acids is 1. The lowest BCUT2D eigenvalue weighted by atomic mass is 10.1. The van der Waals surface area contributed by atoms with Crippen molar-refractivity contribution in [2.45, 2.75) is 69.9 Å². The van der Waals surface area contributed by atoms with Gasteiger partial charge < -0.3 is 0 Å². The van der Waals surface area contributed by atoms with E-state index in [-0.39, 0.29) is 6.04 Å². The molecule has 1 saturated carbocycles. The maximum atomic E-state index is 12.2. The fraction of sp³-hybridized carbons (Fsp3) is 0.938. The second-order valence-electron chi connectivity index (χ2n) is 6.62. The highest BCUT2D eigenvalue weighted by molar-refractivity contribution is 5.84. The van der Waals surface area contributed by atoms with Gasteiger partial charge in [0, 0.05) is 25.6 Å².